The number of benzene rings is 1. The van der Waals surface area contributed by atoms with Gasteiger partial charge in [-0.15, -0.1) is 10.2 Å². The first-order valence-corrected chi connectivity index (χ1v) is 10.9. The molecule has 1 aromatic carbocycles. The van der Waals surface area contributed by atoms with Crippen molar-refractivity contribution < 1.29 is 0 Å². The summed E-state index contributed by atoms with van der Waals surface area (Å²) >= 11 is 0. The molecule has 2 aliphatic heterocycles. The lowest BCUT2D eigenvalue weighted by molar-refractivity contribution is 0.0443. The van der Waals surface area contributed by atoms with E-state index in [0.717, 1.165) is 42.1 Å². The highest BCUT2D eigenvalue weighted by molar-refractivity contribution is 5.81. The van der Waals surface area contributed by atoms with Gasteiger partial charge >= 0.3 is 0 Å². The lowest BCUT2D eigenvalue weighted by atomic mass is 9.89. The van der Waals surface area contributed by atoms with Gasteiger partial charge in [-0.25, -0.2) is 5.43 Å². The predicted molar refractivity (Wildman–Crippen MR) is 121 cm³/mol. The molecule has 0 amide bonds. The molecule has 0 radical (unpaired) electrons. The van der Waals surface area contributed by atoms with Crippen molar-refractivity contribution in [1.29, 1.82) is 5.26 Å². The van der Waals surface area contributed by atoms with E-state index < -0.39 is 0 Å². The van der Waals surface area contributed by atoms with E-state index in [9.17, 15) is 5.26 Å². The van der Waals surface area contributed by atoms with Crippen molar-refractivity contribution in [3.8, 4) is 6.07 Å². The zero-order valence-electron chi connectivity index (χ0n) is 17.9. The van der Waals surface area contributed by atoms with Crippen LogP contribution in [0.3, 0.4) is 0 Å². The Balaban J connectivity index is 1.45. The van der Waals surface area contributed by atoms with E-state index in [0.29, 0.717) is 6.42 Å². The van der Waals surface area contributed by atoms with Gasteiger partial charge in [0.25, 0.3) is 0 Å². The molecule has 8 nitrogen and oxygen atoms in total. The Morgan fingerprint density at radius 1 is 1.12 bits per heavy atom. The average Bonchev–Trinajstić information content (AvgIpc) is 3.49. The molecular weight excluding hydrogens is 400 g/mol. The summed E-state index contributed by atoms with van der Waals surface area (Å²) in [4.78, 5) is 0. The van der Waals surface area contributed by atoms with Crippen LogP contribution in [0.2, 0.25) is 0 Å². The smallest absolute Gasteiger partial charge is 0.161 e. The molecule has 0 bridgehead atoms. The Morgan fingerprint density at radius 2 is 1.97 bits per heavy atom. The third-order valence-corrected chi connectivity index (χ3v) is 6.67. The minimum atomic E-state index is -0.186. The van der Waals surface area contributed by atoms with Crippen molar-refractivity contribution in [3.05, 3.63) is 77.9 Å². The van der Waals surface area contributed by atoms with Gasteiger partial charge in [0.05, 0.1) is 35.1 Å². The van der Waals surface area contributed by atoms with Gasteiger partial charge in [0, 0.05) is 31.5 Å². The van der Waals surface area contributed by atoms with E-state index >= 15 is 0 Å². The van der Waals surface area contributed by atoms with Crippen LogP contribution in [0, 0.1) is 18.3 Å². The van der Waals surface area contributed by atoms with Gasteiger partial charge < -0.3 is 14.9 Å². The molecule has 1 atom stereocenters. The highest BCUT2D eigenvalue weighted by Gasteiger charge is 2.44. The fourth-order valence-corrected chi connectivity index (χ4v) is 4.87. The number of nitrogens with zero attached hydrogens (tertiary/aromatic N) is 6. The average molecular weight is 425 g/mol. The summed E-state index contributed by atoms with van der Waals surface area (Å²) < 4.78 is 4.48. The normalized spacial score (nSPS) is 19.5. The van der Waals surface area contributed by atoms with Crippen molar-refractivity contribution in [1.82, 2.24) is 34.9 Å². The largest absolute Gasteiger partial charge is 0.337 e. The highest BCUT2D eigenvalue weighted by atomic mass is 15.6. The number of hydrogen-bond donors (Lipinski definition) is 2. The van der Waals surface area contributed by atoms with Crippen LogP contribution in [0.15, 0.2) is 60.8 Å². The van der Waals surface area contributed by atoms with Crippen molar-refractivity contribution in [2.24, 2.45) is 0 Å². The number of hydrogen-bond acceptors (Lipinski definition) is 6. The summed E-state index contributed by atoms with van der Waals surface area (Å²) in [5, 5.41) is 23.4. The van der Waals surface area contributed by atoms with Crippen LogP contribution in [0.5, 0.6) is 0 Å². The molecule has 0 saturated carbocycles. The molecule has 160 valence electrons. The number of hydrazine groups is 1. The Bertz CT molecular complexity index is 1370. The molecule has 1 saturated heterocycles. The zero-order chi connectivity index (χ0) is 21.7. The number of aromatic nitrogens is 4. The molecule has 5 heterocycles. The molecule has 4 aromatic rings. The molecule has 1 fully saturated rings. The number of nitrogens with one attached hydrogen (secondary N) is 2. The topological polar surface area (TPSA) is 86.2 Å². The number of aryl methyl sites for hydroxylation is 1. The molecule has 3 aromatic heterocycles. The molecular formula is C24H24N8. The lowest BCUT2D eigenvalue weighted by Gasteiger charge is -2.48. The first-order valence-electron chi connectivity index (χ1n) is 10.9. The second-order valence-electron chi connectivity index (χ2n) is 8.67. The van der Waals surface area contributed by atoms with Crippen molar-refractivity contribution in [2.75, 3.05) is 13.1 Å². The van der Waals surface area contributed by atoms with Gasteiger partial charge in [-0.05, 0) is 36.8 Å². The van der Waals surface area contributed by atoms with E-state index in [1.807, 2.05) is 19.1 Å². The second kappa shape index (κ2) is 7.19. The van der Waals surface area contributed by atoms with E-state index in [-0.39, 0.29) is 11.6 Å². The van der Waals surface area contributed by atoms with E-state index in [1.54, 1.807) is 0 Å². The predicted octanol–water partition coefficient (Wildman–Crippen LogP) is 2.67. The minimum absolute atomic E-state index is 0.00844. The standard InChI is InChI=1S/C24H24N8/c1-17-27-28-23-8-7-20-22(32(17)23)13-21(30(20)14-18-5-3-2-4-6-18)19-9-12-31(29-19)24(10-11-25)15-26-16-24/h2-9,12-13,19,26,29H,10,14-16H2,1H3. The molecule has 0 spiro atoms. The summed E-state index contributed by atoms with van der Waals surface area (Å²) in [6.07, 6.45) is 4.76. The maximum Gasteiger partial charge on any atom is 0.161 e. The molecule has 2 N–H and O–H groups in total. The molecule has 1 unspecified atom stereocenters. The Morgan fingerprint density at radius 3 is 2.72 bits per heavy atom. The van der Waals surface area contributed by atoms with E-state index in [4.69, 9.17) is 0 Å². The summed E-state index contributed by atoms with van der Waals surface area (Å²) in [5.41, 5.74) is 8.97. The lowest BCUT2D eigenvalue weighted by Crippen LogP contribution is -2.69. The molecule has 8 heteroatoms. The van der Waals surface area contributed by atoms with Crippen LogP contribution in [0.1, 0.15) is 29.5 Å². The second-order valence-corrected chi connectivity index (χ2v) is 8.67. The third-order valence-electron chi connectivity index (χ3n) is 6.67. The Labute approximate surface area is 185 Å². The molecule has 32 heavy (non-hydrogen) atoms. The van der Waals surface area contributed by atoms with Gasteiger partial charge in [-0.1, -0.05) is 30.3 Å². The van der Waals surface area contributed by atoms with Crippen molar-refractivity contribution in [2.45, 2.75) is 31.5 Å². The van der Waals surface area contributed by atoms with Crippen LogP contribution in [-0.4, -0.2) is 42.8 Å². The maximum atomic E-state index is 9.34. The van der Waals surface area contributed by atoms with Crippen molar-refractivity contribution in [3.63, 3.8) is 0 Å². The van der Waals surface area contributed by atoms with E-state index in [2.05, 4.69) is 89.7 Å². The van der Waals surface area contributed by atoms with E-state index in [1.165, 1.54) is 11.3 Å². The monoisotopic (exact) mass is 424 g/mol. The first kappa shape index (κ1) is 19.0. The van der Waals surface area contributed by atoms with Crippen LogP contribution in [0.4, 0.5) is 0 Å². The first-order chi connectivity index (χ1) is 15.7. The zero-order valence-corrected chi connectivity index (χ0v) is 17.9. The van der Waals surface area contributed by atoms with Gasteiger partial charge in [0.15, 0.2) is 5.65 Å². The Hall–Kier alpha value is -3.67. The van der Waals surface area contributed by atoms with Gasteiger partial charge in [0.1, 0.15) is 5.82 Å². The number of pyridine rings is 1. The van der Waals surface area contributed by atoms with Crippen LogP contribution in [0.25, 0.3) is 16.7 Å². The number of fused-ring (bicyclic) bond motifs is 3. The van der Waals surface area contributed by atoms with Gasteiger partial charge in [-0.2, -0.15) is 5.26 Å². The molecule has 2 aliphatic rings. The van der Waals surface area contributed by atoms with Crippen LogP contribution >= 0.6 is 0 Å². The molecule has 0 aliphatic carbocycles. The fraction of sp³-hybridized carbons (Fsp3) is 0.292. The minimum Gasteiger partial charge on any atom is -0.337 e. The molecule has 6 rings (SSSR count). The highest BCUT2D eigenvalue weighted by Crippen LogP contribution is 2.33. The van der Waals surface area contributed by atoms with Crippen molar-refractivity contribution >= 4 is 16.7 Å². The third kappa shape index (κ3) is 2.83. The summed E-state index contributed by atoms with van der Waals surface area (Å²) in [7, 11) is 0. The summed E-state index contributed by atoms with van der Waals surface area (Å²) in [6.45, 7) is 4.36. The van der Waals surface area contributed by atoms with Crippen LogP contribution < -0.4 is 10.7 Å². The Kier molecular flexibility index (Phi) is 4.28. The SMILES string of the molecule is Cc1nnc2ccc3c(cc(C4C=CN(C5(CC#N)CNC5)N4)n3Cc3ccccc3)n12. The van der Waals surface area contributed by atoms with Gasteiger partial charge in [0.2, 0.25) is 0 Å². The van der Waals surface area contributed by atoms with Crippen LogP contribution in [-0.2, 0) is 6.54 Å². The summed E-state index contributed by atoms with van der Waals surface area (Å²) in [6, 6.07) is 19.3. The maximum absolute atomic E-state index is 9.34. The number of nitriles is 1. The van der Waals surface area contributed by atoms with Gasteiger partial charge in [-0.3, -0.25) is 4.40 Å². The quantitative estimate of drug-likeness (QED) is 0.512. The number of rotatable bonds is 5. The summed E-state index contributed by atoms with van der Waals surface area (Å²) in [5.74, 6) is 0.874. The fourth-order valence-electron chi connectivity index (χ4n) is 4.87.